The van der Waals surface area contributed by atoms with Gasteiger partial charge in [-0.05, 0) is 32.6 Å². The summed E-state index contributed by atoms with van der Waals surface area (Å²) in [7, 11) is 0. The van der Waals surface area contributed by atoms with Gasteiger partial charge in [0.15, 0.2) is 0 Å². The first-order chi connectivity index (χ1) is 7.18. The van der Waals surface area contributed by atoms with Gasteiger partial charge in [-0.1, -0.05) is 12.2 Å². The summed E-state index contributed by atoms with van der Waals surface area (Å²) in [6, 6.07) is 0.344. The topological polar surface area (TPSA) is 43.8 Å². The van der Waals surface area contributed by atoms with Crippen LogP contribution in [0.2, 0.25) is 0 Å². The van der Waals surface area contributed by atoms with Crippen molar-refractivity contribution in [2.45, 2.75) is 45.1 Å². The Hall–Kier alpha value is -0.900. The van der Waals surface area contributed by atoms with Gasteiger partial charge < -0.3 is 10.3 Å². The highest BCUT2D eigenvalue weighted by molar-refractivity contribution is 7.80. The summed E-state index contributed by atoms with van der Waals surface area (Å²) in [5.74, 6) is 0. The fourth-order valence-electron chi connectivity index (χ4n) is 2.26. The lowest BCUT2D eigenvalue weighted by Gasteiger charge is -2.19. The summed E-state index contributed by atoms with van der Waals surface area (Å²) in [6.07, 6.45) is 7.53. The molecular weight excluding hydrogens is 206 g/mol. The van der Waals surface area contributed by atoms with Gasteiger partial charge in [0.25, 0.3) is 0 Å². The lowest BCUT2D eigenvalue weighted by molar-refractivity contribution is 0.527. The number of imidazole rings is 1. The highest BCUT2D eigenvalue weighted by Crippen LogP contribution is 2.23. The Bertz CT molecular complexity index is 370. The second kappa shape index (κ2) is 4.31. The summed E-state index contributed by atoms with van der Waals surface area (Å²) >= 11 is 4.94. The molecule has 0 aliphatic heterocycles. The van der Waals surface area contributed by atoms with E-state index in [0.717, 1.165) is 19.3 Å². The maximum absolute atomic E-state index is 5.57. The SMILES string of the molecule is CC(CC(N)=S)n1cnc2c1CCCC2. The van der Waals surface area contributed by atoms with Gasteiger partial charge in [-0.3, -0.25) is 0 Å². The minimum atomic E-state index is 0.344. The van der Waals surface area contributed by atoms with Gasteiger partial charge >= 0.3 is 0 Å². The first kappa shape index (κ1) is 10.6. The molecular formula is C11H17N3S. The number of thiocarbonyl (C=S) groups is 1. The number of nitrogens with two attached hydrogens (primary N) is 1. The average molecular weight is 223 g/mol. The Kier molecular flexibility index (Phi) is 3.05. The van der Waals surface area contributed by atoms with Crippen LogP contribution in [-0.4, -0.2) is 14.5 Å². The van der Waals surface area contributed by atoms with Crippen molar-refractivity contribution >= 4 is 17.2 Å². The van der Waals surface area contributed by atoms with Gasteiger partial charge in [0.1, 0.15) is 0 Å². The zero-order valence-electron chi connectivity index (χ0n) is 9.07. The second-order valence-corrected chi connectivity index (χ2v) is 4.80. The summed E-state index contributed by atoms with van der Waals surface area (Å²) in [4.78, 5) is 5.05. The molecule has 1 unspecified atom stereocenters. The second-order valence-electron chi connectivity index (χ2n) is 4.27. The first-order valence-electron chi connectivity index (χ1n) is 5.51. The number of nitrogens with zero attached hydrogens (tertiary/aromatic N) is 2. The van der Waals surface area contributed by atoms with Crippen LogP contribution in [0.3, 0.4) is 0 Å². The van der Waals surface area contributed by atoms with Crippen molar-refractivity contribution in [1.29, 1.82) is 0 Å². The molecule has 1 aromatic rings. The highest BCUT2D eigenvalue weighted by Gasteiger charge is 2.18. The zero-order chi connectivity index (χ0) is 10.8. The maximum atomic E-state index is 5.57. The molecule has 0 saturated heterocycles. The average Bonchev–Trinajstić information content (AvgIpc) is 2.59. The summed E-state index contributed by atoms with van der Waals surface area (Å²) in [5.41, 5.74) is 8.24. The molecule has 1 aliphatic rings. The minimum Gasteiger partial charge on any atom is -0.393 e. The van der Waals surface area contributed by atoms with E-state index in [1.54, 1.807) is 0 Å². The lowest BCUT2D eigenvalue weighted by Crippen LogP contribution is -2.18. The monoisotopic (exact) mass is 223 g/mol. The van der Waals surface area contributed by atoms with Crippen LogP contribution in [0, 0.1) is 0 Å². The molecule has 2 N–H and O–H groups in total. The summed E-state index contributed by atoms with van der Waals surface area (Å²) < 4.78 is 2.24. The Morgan fingerprint density at radius 3 is 3.07 bits per heavy atom. The highest BCUT2D eigenvalue weighted by atomic mass is 32.1. The molecule has 0 amide bonds. The predicted octanol–water partition coefficient (Wildman–Crippen LogP) is 2.00. The van der Waals surface area contributed by atoms with Crippen molar-refractivity contribution in [3.8, 4) is 0 Å². The molecule has 15 heavy (non-hydrogen) atoms. The van der Waals surface area contributed by atoms with E-state index in [0.29, 0.717) is 11.0 Å². The van der Waals surface area contributed by atoms with E-state index in [1.165, 1.54) is 24.2 Å². The van der Waals surface area contributed by atoms with E-state index >= 15 is 0 Å². The molecule has 0 aromatic carbocycles. The molecule has 3 nitrogen and oxygen atoms in total. The molecule has 82 valence electrons. The standard InChI is InChI=1S/C11H17N3S/c1-8(6-11(12)15)14-7-13-9-4-2-3-5-10(9)14/h7-8H,2-6H2,1H3,(H2,12,15). The van der Waals surface area contributed by atoms with Crippen LogP contribution < -0.4 is 5.73 Å². The van der Waals surface area contributed by atoms with Crippen molar-refractivity contribution in [2.75, 3.05) is 0 Å². The third kappa shape index (κ3) is 2.20. The quantitative estimate of drug-likeness (QED) is 0.797. The van der Waals surface area contributed by atoms with Crippen molar-refractivity contribution in [3.63, 3.8) is 0 Å². The van der Waals surface area contributed by atoms with E-state index in [4.69, 9.17) is 18.0 Å². The van der Waals surface area contributed by atoms with E-state index < -0.39 is 0 Å². The molecule has 0 bridgehead atoms. The Balaban J connectivity index is 2.20. The fourth-order valence-corrected chi connectivity index (χ4v) is 2.50. The largest absolute Gasteiger partial charge is 0.393 e. The van der Waals surface area contributed by atoms with Gasteiger partial charge in [-0.15, -0.1) is 0 Å². The number of aryl methyl sites for hydroxylation is 1. The van der Waals surface area contributed by atoms with Crippen LogP contribution in [0.1, 0.15) is 43.6 Å². The molecule has 1 heterocycles. The van der Waals surface area contributed by atoms with Crippen molar-refractivity contribution in [1.82, 2.24) is 9.55 Å². The lowest BCUT2D eigenvalue weighted by atomic mass is 10.0. The van der Waals surface area contributed by atoms with Crippen LogP contribution in [-0.2, 0) is 12.8 Å². The van der Waals surface area contributed by atoms with Crippen LogP contribution in [0.25, 0.3) is 0 Å². The van der Waals surface area contributed by atoms with E-state index in [9.17, 15) is 0 Å². The van der Waals surface area contributed by atoms with Crippen molar-refractivity contribution < 1.29 is 0 Å². The Labute approximate surface area is 95.7 Å². The van der Waals surface area contributed by atoms with Gasteiger partial charge in [0.05, 0.1) is 17.0 Å². The number of aromatic nitrogens is 2. The van der Waals surface area contributed by atoms with Gasteiger partial charge in [-0.25, -0.2) is 4.98 Å². The number of hydrogen-bond acceptors (Lipinski definition) is 2. The number of hydrogen-bond donors (Lipinski definition) is 1. The van der Waals surface area contributed by atoms with E-state index in [-0.39, 0.29) is 0 Å². The van der Waals surface area contributed by atoms with Gasteiger partial charge in [-0.2, -0.15) is 0 Å². The Morgan fingerprint density at radius 2 is 2.33 bits per heavy atom. The summed E-state index contributed by atoms with van der Waals surface area (Å²) in [5, 5.41) is 0. The maximum Gasteiger partial charge on any atom is 0.0954 e. The molecule has 4 heteroatoms. The smallest absolute Gasteiger partial charge is 0.0954 e. The van der Waals surface area contributed by atoms with Gasteiger partial charge in [0, 0.05) is 18.2 Å². The van der Waals surface area contributed by atoms with Gasteiger partial charge in [0.2, 0.25) is 0 Å². The minimum absolute atomic E-state index is 0.344. The normalized spacial score (nSPS) is 17.1. The molecule has 0 radical (unpaired) electrons. The van der Waals surface area contributed by atoms with Crippen LogP contribution >= 0.6 is 12.2 Å². The molecule has 1 aromatic heterocycles. The molecule has 1 aliphatic carbocycles. The number of fused-ring (bicyclic) bond motifs is 1. The van der Waals surface area contributed by atoms with Crippen LogP contribution in [0.5, 0.6) is 0 Å². The van der Waals surface area contributed by atoms with Crippen molar-refractivity contribution in [2.24, 2.45) is 5.73 Å². The predicted molar refractivity (Wildman–Crippen MR) is 65.0 cm³/mol. The molecule has 0 fully saturated rings. The van der Waals surface area contributed by atoms with E-state index in [1.807, 2.05) is 6.33 Å². The van der Waals surface area contributed by atoms with Crippen LogP contribution in [0.15, 0.2) is 6.33 Å². The third-order valence-corrected chi connectivity index (χ3v) is 3.20. The van der Waals surface area contributed by atoms with Crippen LogP contribution in [0.4, 0.5) is 0 Å². The van der Waals surface area contributed by atoms with Crippen molar-refractivity contribution in [3.05, 3.63) is 17.7 Å². The molecule has 0 spiro atoms. The zero-order valence-corrected chi connectivity index (χ0v) is 9.89. The van der Waals surface area contributed by atoms with E-state index in [2.05, 4.69) is 16.5 Å². The third-order valence-electron chi connectivity index (χ3n) is 3.03. The Morgan fingerprint density at radius 1 is 1.60 bits per heavy atom. The number of rotatable bonds is 3. The molecule has 0 saturated carbocycles. The molecule has 1 atom stereocenters. The fraction of sp³-hybridized carbons (Fsp3) is 0.636. The molecule has 2 rings (SSSR count). The first-order valence-corrected chi connectivity index (χ1v) is 5.92. The summed E-state index contributed by atoms with van der Waals surface area (Å²) in [6.45, 7) is 2.15.